The number of aryl methyl sites for hydroxylation is 2. The normalized spacial score (nSPS) is 15.0. The van der Waals surface area contributed by atoms with Crippen molar-refractivity contribution in [1.82, 2.24) is 4.90 Å². The van der Waals surface area contributed by atoms with Crippen LogP contribution in [0.4, 0.5) is 0 Å². The fourth-order valence-corrected chi connectivity index (χ4v) is 5.43. The van der Waals surface area contributed by atoms with E-state index < -0.39 is 0 Å². The van der Waals surface area contributed by atoms with E-state index in [9.17, 15) is 0 Å². The van der Waals surface area contributed by atoms with Crippen LogP contribution in [-0.2, 0) is 13.2 Å². The fraction of sp³-hybridized carbons (Fsp3) is 0.333. The molecule has 156 valence electrons. The predicted octanol–water partition coefficient (Wildman–Crippen LogP) is 5.50. The molecule has 1 unspecified atom stereocenters. The van der Waals surface area contributed by atoms with Crippen molar-refractivity contribution in [3.05, 3.63) is 89.0 Å². The summed E-state index contributed by atoms with van der Waals surface area (Å²) in [6.07, 6.45) is 4.04. The maximum Gasteiger partial charge on any atom is 0.127 e. The second-order valence-electron chi connectivity index (χ2n) is 8.40. The Hall–Kier alpha value is -2.15. The molecule has 1 heterocycles. The van der Waals surface area contributed by atoms with Crippen molar-refractivity contribution in [2.45, 2.75) is 46.3 Å². The van der Waals surface area contributed by atoms with Gasteiger partial charge in [0.25, 0.3) is 0 Å². The first-order valence-corrected chi connectivity index (χ1v) is 12.0. The van der Waals surface area contributed by atoms with Crippen LogP contribution in [-0.4, -0.2) is 18.0 Å². The average Bonchev–Trinajstić information content (AvgIpc) is 2.76. The van der Waals surface area contributed by atoms with E-state index in [1.807, 2.05) is 6.07 Å². The number of hydrogen-bond acceptors (Lipinski definition) is 2. The number of rotatable bonds is 7. The molecule has 4 rings (SSSR count). The molecule has 2 nitrogen and oxygen atoms in total. The van der Waals surface area contributed by atoms with Crippen molar-refractivity contribution in [3.63, 3.8) is 0 Å². The number of ether oxygens (including phenoxy) is 1. The summed E-state index contributed by atoms with van der Waals surface area (Å²) in [7, 11) is 0.604. The molecule has 0 aromatic heterocycles. The van der Waals surface area contributed by atoms with Gasteiger partial charge in [-0.1, -0.05) is 80.7 Å². The van der Waals surface area contributed by atoms with Gasteiger partial charge in [-0.3, -0.25) is 4.90 Å². The first-order valence-electron chi connectivity index (χ1n) is 11.0. The predicted molar refractivity (Wildman–Crippen MR) is 130 cm³/mol. The molecule has 0 saturated carbocycles. The lowest BCUT2D eigenvalue weighted by Gasteiger charge is -2.27. The summed E-state index contributed by atoms with van der Waals surface area (Å²) in [6.45, 7) is 8.50. The second-order valence-corrected chi connectivity index (χ2v) is 9.72. The van der Waals surface area contributed by atoms with Crippen molar-refractivity contribution in [2.24, 2.45) is 0 Å². The highest BCUT2D eigenvalue weighted by atomic mass is 31.1. The van der Waals surface area contributed by atoms with Gasteiger partial charge in [0.05, 0.1) is 0 Å². The quantitative estimate of drug-likeness (QED) is 0.471. The second kappa shape index (κ2) is 10.2. The Morgan fingerprint density at radius 3 is 2.33 bits per heavy atom. The van der Waals surface area contributed by atoms with Crippen LogP contribution in [0.15, 0.2) is 66.7 Å². The SMILES string of the molecule is Cc1ccc(Pc2cc(C)ccc2OCc2ccccc2)c(CN2CCCCC2)c1. The number of benzene rings is 3. The van der Waals surface area contributed by atoms with Crippen LogP contribution in [0.25, 0.3) is 0 Å². The van der Waals surface area contributed by atoms with Gasteiger partial charge in [-0.15, -0.1) is 0 Å². The van der Waals surface area contributed by atoms with Crippen molar-refractivity contribution in [3.8, 4) is 5.75 Å². The molecule has 3 aromatic carbocycles. The highest BCUT2D eigenvalue weighted by Gasteiger charge is 2.14. The van der Waals surface area contributed by atoms with Gasteiger partial charge < -0.3 is 4.74 Å². The van der Waals surface area contributed by atoms with Gasteiger partial charge in [-0.2, -0.15) is 0 Å². The Bertz CT molecular complexity index is 964. The smallest absolute Gasteiger partial charge is 0.127 e. The minimum absolute atomic E-state index is 0.604. The molecule has 1 aliphatic heterocycles. The lowest BCUT2D eigenvalue weighted by Crippen LogP contribution is -2.30. The number of nitrogens with zero attached hydrogens (tertiary/aromatic N) is 1. The Kier molecular flexibility index (Phi) is 7.20. The molecule has 0 aliphatic carbocycles. The fourth-order valence-electron chi connectivity index (χ4n) is 4.08. The van der Waals surface area contributed by atoms with Crippen LogP contribution in [0.1, 0.15) is 41.5 Å². The Morgan fingerprint density at radius 2 is 1.53 bits per heavy atom. The summed E-state index contributed by atoms with van der Waals surface area (Å²) >= 11 is 0. The van der Waals surface area contributed by atoms with Gasteiger partial charge in [0, 0.05) is 11.8 Å². The molecule has 3 heteroatoms. The van der Waals surface area contributed by atoms with E-state index in [1.54, 1.807) is 0 Å². The van der Waals surface area contributed by atoms with E-state index in [2.05, 4.69) is 79.4 Å². The third kappa shape index (κ3) is 5.72. The van der Waals surface area contributed by atoms with Gasteiger partial charge in [-0.05, 0) is 68.3 Å². The monoisotopic (exact) mass is 417 g/mol. The summed E-state index contributed by atoms with van der Waals surface area (Å²) in [5, 5.41) is 2.75. The molecule has 1 saturated heterocycles. The van der Waals surface area contributed by atoms with Crippen molar-refractivity contribution in [2.75, 3.05) is 13.1 Å². The van der Waals surface area contributed by atoms with Crippen LogP contribution in [0, 0.1) is 13.8 Å². The van der Waals surface area contributed by atoms with Crippen molar-refractivity contribution >= 4 is 19.2 Å². The van der Waals surface area contributed by atoms with E-state index in [-0.39, 0.29) is 0 Å². The molecule has 0 amide bonds. The summed E-state index contributed by atoms with van der Waals surface area (Å²) < 4.78 is 6.26. The molecule has 1 aliphatic rings. The third-order valence-corrected chi connectivity index (χ3v) is 7.16. The lowest BCUT2D eigenvalue weighted by atomic mass is 10.1. The standard InChI is InChI=1S/C27H32NOP/c1-21-12-14-26(24(17-21)19-28-15-7-4-8-16-28)30-27-18-22(2)11-13-25(27)29-20-23-9-5-3-6-10-23/h3,5-6,9-14,17-18,30H,4,7-8,15-16,19-20H2,1-2H3. The van der Waals surface area contributed by atoms with Crippen LogP contribution in [0.3, 0.4) is 0 Å². The maximum atomic E-state index is 6.26. The molecule has 0 N–H and O–H groups in total. The zero-order valence-electron chi connectivity index (χ0n) is 18.2. The molecule has 3 aromatic rings. The highest BCUT2D eigenvalue weighted by molar-refractivity contribution is 7.55. The molecule has 0 spiro atoms. The molecule has 0 radical (unpaired) electrons. The van der Waals surface area contributed by atoms with Crippen LogP contribution >= 0.6 is 8.58 Å². The van der Waals surface area contributed by atoms with E-state index in [0.717, 1.165) is 12.3 Å². The van der Waals surface area contributed by atoms with Gasteiger partial charge in [0.2, 0.25) is 0 Å². The van der Waals surface area contributed by atoms with Crippen molar-refractivity contribution in [1.29, 1.82) is 0 Å². The largest absolute Gasteiger partial charge is 0.488 e. The number of likely N-dealkylation sites (tertiary alicyclic amines) is 1. The summed E-state index contributed by atoms with van der Waals surface area (Å²) in [5.41, 5.74) is 5.31. The maximum absolute atomic E-state index is 6.26. The summed E-state index contributed by atoms with van der Waals surface area (Å²) in [6, 6.07) is 24.0. The minimum atomic E-state index is 0.604. The molecule has 1 atom stereocenters. The summed E-state index contributed by atoms with van der Waals surface area (Å²) in [4.78, 5) is 2.62. The molecule has 30 heavy (non-hydrogen) atoms. The highest BCUT2D eigenvalue weighted by Crippen LogP contribution is 2.24. The molecular weight excluding hydrogens is 385 g/mol. The topological polar surface area (TPSA) is 12.5 Å². The van der Waals surface area contributed by atoms with Gasteiger partial charge in [-0.25, -0.2) is 0 Å². The zero-order chi connectivity index (χ0) is 20.8. The number of hydrogen-bond donors (Lipinski definition) is 0. The first-order chi connectivity index (χ1) is 14.7. The first kappa shape index (κ1) is 21.1. The van der Waals surface area contributed by atoms with E-state index >= 15 is 0 Å². The Morgan fingerprint density at radius 1 is 0.800 bits per heavy atom. The average molecular weight is 418 g/mol. The van der Waals surface area contributed by atoms with Crippen LogP contribution in [0.2, 0.25) is 0 Å². The van der Waals surface area contributed by atoms with E-state index in [1.165, 1.54) is 65.2 Å². The van der Waals surface area contributed by atoms with E-state index in [4.69, 9.17) is 4.74 Å². The van der Waals surface area contributed by atoms with Crippen LogP contribution in [0.5, 0.6) is 5.75 Å². The van der Waals surface area contributed by atoms with Gasteiger partial charge >= 0.3 is 0 Å². The van der Waals surface area contributed by atoms with Gasteiger partial charge in [0.1, 0.15) is 12.4 Å². The van der Waals surface area contributed by atoms with E-state index in [0.29, 0.717) is 15.2 Å². The van der Waals surface area contributed by atoms with Crippen LogP contribution < -0.4 is 15.3 Å². The summed E-state index contributed by atoms with van der Waals surface area (Å²) in [5.74, 6) is 1.01. The molecule has 1 fully saturated rings. The third-order valence-electron chi connectivity index (χ3n) is 5.74. The van der Waals surface area contributed by atoms with Crippen molar-refractivity contribution < 1.29 is 4.74 Å². The van der Waals surface area contributed by atoms with Gasteiger partial charge in [0.15, 0.2) is 0 Å². The zero-order valence-corrected chi connectivity index (χ0v) is 19.2. The Balaban J connectivity index is 1.55. The Labute approximate surface area is 183 Å². The molecular formula is C27H32NOP. The molecule has 0 bridgehead atoms. The lowest BCUT2D eigenvalue weighted by molar-refractivity contribution is 0.221. The minimum Gasteiger partial charge on any atom is -0.488 e. The number of piperidine rings is 1.